The summed E-state index contributed by atoms with van der Waals surface area (Å²) in [5.41, 5.74) is 2.08. The molecule has 0 radical (unpaired) electrons. The summed E-state index contributed by atoms with van der Waals surface area (Å²) < 4.78 is 7.80. The molecule has 0 aliphatic rings. The Labute approximate surface area is 132 Å². The number of aromatic amines is 1. The van der Waals surface area contributed by atoms with Gasteiger partial charge in [-0.2, -0.15) is 5.10 Å². The summed E-state index contributed by atoms with van der Waals surface area (Å²) in [6, 6.07) is 14.1. The second kappa shape index (κ2) is 5.50. The van der Waals surface area contributed by atoms with Crippen LogP contribution in [0.15, 0.2) is 46.9 Å². The van der Waals surface area contributed by atoms with Gasteiger partial charge in [0.25, 0.3) is 0 Å². The molecule has 3 aromatic rings. The second-order valence-corrected chi connectivity index (χ2v) is 6.04. The summed E-state index contributed by atoms with van der Waals surface area (Å²) in [4.78, 5) is 0. The van der Waals surface area contributed by atoms with Crippen LogP contribution in [0.2, 0.25) is 0 Å². The van der Waals surface area contributed by atoms with Gasteiger partial charge in [-0.15, -0.1) is 0 Å². The molecule has 19 heavy (non-hydrogen) atoms. The molecule has 3 nitrogen and oxygen atoms in total. The van der Waals surface area contributed by atoms with Crippen molar-refractivity contribution in [3.63, 3.8) is 0 Å². The highest BCUT2D eigenvalue weighted by Crippen LogP contribution is 2.31. The predicted molar refractivity (Wildman–Crippen MR) is 87.3 cm³/mol. The monoisotopic (exact) mass is 428 g/mol. The van der Waals surface area contributed by atoms with Crippen molar-refractivity contribution in [3.05, 3.63) is 56.2 Å². The van der Waals surface area contributed by atoms with Crippen molar-refractivity contribution in [1.29, 1.82) is 0 Å². The van der Waals surface area contributed by atoms with Crippen LogP contribution in [-0.4, -0.2) is 10.2 Å². The Bertz CT molecular complexity index is 712. The summed E-state index contributed by atoms with van der Waals surface area (Å²) >= 11 is 5.75. The molecule has 0 aliphatic heterocycles. The quantitative estimate of drug-likeness (QED) is 0.623. The van der Waals surface area contributed by atoms with E-state index in [4.69, 9.17) is 4.74 Å². The lowest BCUT2D eigenvalue weighted by molar-refractivity contribution is 0.304. The Morgan fingerprint density at radius 3 is 2.79 bits per heavy atom. The maximum absolute atomic E-state index is 5.86. The molecule has 0 spiro atoms. The van der Waals surface area contributed by atoms with Gasteiger partial charge in [-0.3, -0.25) is 5.10 Å². The first-order valence-electron chi connectivity index (χ1n) is 5.74. The second-order valence-electron chi connectivity index (χ2n) is 4.11. The van der Waals surface area contributed by atoms with Gasteiger partial charge in [0.05, 0.1) is 9.99 Å². The number of nitrogens with zero attached hydrogens (tertiary/aromatic N) is 1. The van der Waals surface area contributed by atoms with Crippen LogP contribution in [0.5, 0.6) is 5.75 Å². The van der Waals surface area contributed by atoms with Crippen molar-refractivity contribution in [2.45, 2.75) is 6.61 Å². The third kappa shape index (κ3) is 2.76. The number of hydrogen-bond acceptors (Lipinski definition) is 2. The molecule has 96 valence electrons. The Morgan fingerprint density at radius 2 is 2.00 bits per heavy atom. The molecule has 2 aromatic carbocycles. The highest BCUT2D eigenvalue weighted by atomic mass is 127. The number of H-pyrrole nitrogens is 1. The van der Waals surface area contributed by atoms with Gasteiger partial charge in [0, 0.05) is 5.39 Å². The molecular weight excluding hydrogens is 419 g/mol. The standard InChI is InChI=1S/C14H10BrIN2O/c15-11-7-12-10(14(16)18-17-12)6-13(11)19-8-9-4-2-1-3-5-9/h1-7H,8H2,(H,17,18). The van der Waals surface area contributed by atoms with Crippen molar-refractivity contribution in [3.8, 4) is 5.75 Å². The van der Waals surface area contributed by atoms with E-state index < -0.39 is 0 Å². The van der Waals surface area contributed by atoms with Gasteiger partial charge in [0.1, 0.15) is 16.1 Å². The molecule has 5 heteroatoms. The van der Waals surface area contributed by atoms with Gasteiger partial charge >= 0.3 is 0 Å². The van der Waals surface area contributed by atoms with Gasteiger partial charge < -0.3 is 4.74 Å². The van der Waals surface area contributed by atoms with Gasteiger partial charge in [-0.25, -0.2) is 0 Å². The Kier molecular flexibility index (Phi) is 3.74. The zero-order chi connectivity index (χ0) is 13.2. The van der Waals surface area contributed by atoms with Gasteiger partial charge in [-0.1, -0.05) is 30.3 Å². The molecule has 0 amide bonds. The fourth-order valence-corrected chi connectivity index (χ4v) is 2.83. The maximum atomic E-state index is 5.86. The van der Waals surface area contributed by atoms with Crippen molar-refractivity contribution in [1.82, 2.24) is 10.2 Å². The largest absolute Gasteiger partial charge is 0.488 e. The molecular formula is C14H10BrIN2O. The van der Waals surface area contributed by atoms with E-state index in [2.05, 4.69) is 48.7 Å². The fraction of sp³-hybridized carbons (Fsp3) is 0.0714. The molecule has 1 heterocycles. The number of fused-ring (bicyclic) bond motifs is 1. The van der Waals surface area contributed by atoms with Crippen molar-refractivity contribution in [2.24, 2.45) is 0 Å². The first kappa shape index (κ1) is 12.9. The van der Waals surface area contributed by atoms with Crippen molar-refractivity contribution >= 4 is 49.4 Å². The van der Waals surface area contributed by atoms with E-state index in [9.17, 15) is 0 Å². The maximum Gasteiger partial charge on any atom is 0.134 e. The minimum absolute atomic E-state index is 0.555. The average molecular weight is 429 g/mol. The number of benzene rings is 2. The third-order valence-electron chi connectivity index (χ3n) is 2.80. The Hall–Kier alpha value is -1.08. The van der Waals surface area contributed by atoms with Crippen LogP contribution < -0.4 is 4.74 Å². The van der Waals surface area contributed by atoms with E-state index in [1.807, 2.05) is 42.5 Å². The lowest BCUT2D eigenvalue weighted by atomic mass is 10.2. The number of ether oxygens (including phenoxy) is 1. The first-order valence-corrected chi connectivity index (χ1v) is 7.61. The lowest BCUT2D eigenvalue weighted by Crippen LogP contribution is -1.95. The zero-order valence-electron chi connectivity index (χ0n) is 9.86. The number of hydrogen-bond donors (Lipinski definition) is 1. The zero-order valence-corrected chi connectivity index (χ0v) is 13.6. The summed E-state index contributed by atoms with van der Waals surface area (Å²) in [6.07, 6.45) is 0. The van der Waals surface area contributed by atoms with Crippen molar-refractivity contribution in [2.75, 3.05) is 0 Å². The molecule has 1 N–H and O–H groups in total. The third-order valence-corrected chi connectivity index (χ3v) is 4.24. The highest BCUT2D eigenvalue weighted by Gasteiger charge is 2.09. The fourth-order valence-electron chi connectivity index (χ4n) is 1.83. The molecule has 1 aromatic heterocycles. The topological polar surface area (TPSA) is 37.9 Å². The summed E-state index contributed by atoms with van der Waals surface area (Å²) in [6.45, 7) is 0.555. The number of nitrogens with one attached hydrogen (secondary N) is 1. The minimum atomic E-state index is 0.555. The summed E-state index contributed by atoms with van der Waals surface area (Å²) in [5, 5.41) is 8.26. The molecule has 0 fully saturated rings. The van der Waals surface area contributed by atoms with Crippen LogP contribution in [0.4, 0.5) is 0 Å². The molecule has 0 aliphatic carbocycles. The SMILES string of the molecule is Brc1cc2n[nH]c(I)c2cc1OCc1ccccc1. The van der Waals surface area contributed by atoms with E-state index in [0.29, 0.717) is 6.61 Å². The smallest absolute Gasteiger partial charge is 0.134 e. The first-order chi connectivity index (χ1) is 9.24. The van der Waals surface area contributed by atoms with E-state index in [1.165, 1.54) is 0 Å². The highest BCUT2D eigenvalue weighted by molar-refractivity contribution is 14.1. The van der Waals surface area contributed by atoms with E-state index >= 15 is 0 Å². The number of aromatic nitrogens is 2. The molecule has 0 unspecified atom stereocenters. The molecule has 0 saturated heterocycles. The number of halogens is 2. The Morgan fingerprint density at radius 1 is 1.21 bits per heavy atom. The van der Waals surface area contributed by atoms with Crippen LogP contribution in [-0.2, 0) is 6.61 Å². The van der Waals surface area contributed by atoms with Gasteiger partial charge in [0.2, 0.25) is 0 Å². The minimum Gasteiger partial charge on any atom is -0.488 e. The van der Waals surface area contributed by atoms with E-state index in [1.54, 1.807) is 0 Å². The summed E-state index contributed by atoms with van der Waals surface area (Å²) in [7, 11) is 0. The predicted octanol–water partition coefficient (Wildman–Crippen LogP) is 4.51. The van der Waals surface area contributed by atoms with Crippen LogP contribution in [0.25, 0.3) is 10.9 Å². The molecule has 0 saturated carbocycles. The lowest BCUT2D eigenvalue weighted by Gasteiger charge is -2.08. The molecule has 3 rings (SSSR count). The van der Waals surface area contributed by atoms with Crippen LogP contribution in [0.1, 0.15) is 5.56 Å². The van der Waals surface area contributed by atoms with Crippen LogP contribution in [0.3, 0.4) is 0 Å². The molecule has 0 bridgehead atoms. The van der Waals surface area contributed by atoms with Crippen molar-refractivity contribution < 1.29 is 4.74 Å². The van der Waals surface area contributed by atoms with Gasteiger partial charge in [-0.05, 0) is 56.2 Å². The van der Waals surface area contributed by atoms with Crippen LogP contribution in [0, 0.1) is 3.70 Å². The van der Waals surface area contributed by atoms with Crippen LogP contribution >= 0.6 is 38.5 Å². The number of rotatable bonds is 3. The Balaban J connectivity index is 1.88. The average Bonchev–Trinajstić information content (AvgIpc) is 2.78. The van der Waals surface area contributed by atoms with Gasteiger partial charge in [0.15, 0.2) is 0 Å². The van der Waals surface area contributed by atoms with E-state index in [-0.39, 0.29) is 0 Å². The summed E-state index contributed by atoms with van der Waals surface area (Å²) in [5.74, 6) is 0.829. The molecule has 0 atom stereocenters. The normalized spacial score (nSPS) is 10.8. The van der Waals surface area contributed by atoms with E-state index in [0.717, 1.165) is 30.4 Å².